The number of nitrogens with zero attached hydrogens (tertiary/aromatic N) is 1. The molecule has 0 spiro atoms. The quantitative estimate of drug-likeness (QED) is 0.925. The highest BCUT2D eigenvalue weighted by atomic mass is 35.5. The van der Waals surface area contributed by atoms with Gasteiger partial charge in [-0.15, -0.1) is 0 Å². The molecule has 1 fully saturated rings. The maximum atomic E-state index is 12.5. The zero-order valence-corrected chi connectivity index (χ0v) is 11.8. The molecule has 2 heterocycles. The van der Waals surface area contributed by atoms with Crippen LogP contribution in [0.2, 0.25) is 5.02 Å². The summed E-state index contributed by atoms with van der Waals surface area (Å²) in [4.78, 5) is 26.2. The van der Waals surface area contributed by atoms with Gasteiger partial charge in [0.25, 0.3) is 5.91 Å². The molecule has 2 amide bonds. The highest BCUT2D eigenvalue weighted by Crippen LogP contribution is 2.30. The Labute approximate surface area is 126 Å². The number of rotatable bonds is 2. The molecular weight excluding hydrogens is 292 g/mol. The van der Waals surface area contributed by atoms with E-state index < -0.39 is 6.04 Å². The number of halogens is 1. The van der Waals surface area contributed by atoms with Crippen molar-refractivity contribution in [2.45, 2.75) is 6.04 Å². The summed E-state index contributed by atoms with van der Waals surface area (Å²) in [6, 6.07) is 9.50. The summed E-state index contributed by atoms with van der Waals surface area (Å²) < 4.78 is 5.14. The van der Waals surface area contributed by atoms with Gasteiger partial charge in [-0.05, 0) is 18.2 Å². The zero-order valence-electron chi connectivity index (χ0n) is 11.1. The summed E-state index contributed by atoms with van der Waals surface area (Å²) in [6.07, 6.45) is 1.43. The number of carbonyl (C=O) groups excluding carboxylic acids is 2. The summed E-state index contributed by atoms with van der Waals surface area (Å²) in [6.45, 7) is 0.813. The molecule has 21 heavy (non-hydrogen) atoms. The monoisotopic (exact) mass is 304 g/mol. The molecule has 1 aliphatic rings. The first-order chi connectivity index (χ1) is 10.2. The van der Waals surface area contributed by atoms with Crippen molar-refractivity contribution in [2.24, 2.45) is 0 Å². The third kappa shape index (κ3) is 2.52. The Morgan fingerprint density at radius 3 is 2.81 bits per heavy atom. The van der Waals surface area contributed by atoms with Gasteiger partial charge in [0.15, 0.2) is 5.76 Å². The topological polar surface area (TPSA) is 62.6 Å². The van der Waals surface area contributed by atoms with E-state index in [-0.39, 0.29) is 17.6 Å². The van der Waals surface area contributed by atoms with Crippen molar-refractivity contribution in [2.75, 3.05) is 13.1 Å². The highest BCUT2D eigenvalue weighted by molar-refractivity contribution is 6.31. The van der Waals surface area contributed by atoms with Gasteiger partial charge in [-0.3, -0.25) is 9.59 Å². The van der Waals surface area contributed by atoms with Crippen molar-refractivity contribution in [1.82, 2.24) is 10.2 Å². The van der Waals surface area contributed by atoms with Crippen molar-refractivity contribution in [3.8, 4) is 0 Å². The van der Waals surface area contributed by atoms with Crippen LogP contribution >= 0.6 is 11.6 Å². The Hall–Kier alpha value is -2.27. The first kappa shape index (κ1) is 13.7. The van der Waals surface area contributed by atoms with Crippen LogP contribution in [0.15, 0.2) is 47.1 Å². The van der Waals surface area contributed by atoms with E-state index >= 15 is 0 Å². The van der Waals surface area contributed by atoms with E-state index in [4.69, 9.17) is 16.0 Å². The SMILES string of the molecule is O=C1NCCN(C(=O)c2ccco2)[C@@H]1c1ccccc1Cl. The molecule has 1 atom stereocenters. The normalized spacial score (nSPS) is 18.4. The number of hydrogen-bond donors (Lipinski definition) is 1. The van der Waals surface area contributed by atoms with Crippen LogP contribution in [-0.2, 0) is 4.79 Å². The van der Waals surface area contributed by atoms with Gasteiger partial charge in [0.05, 0.1) is 6.26 Å². The zero-order chi connectivity index (χ0) is 14.8. The molecule has 0 unspecified atom stereocenters. The van der Waals surface area contributed by atoms with E-state index in [0.29, 0.717) is 23.7 Å². The Bertz CT molecular complexity index is 669. The minimum atomic E-state index is -0.745. The van der Waals surface area contributed by atoms with E-state index in [1.165, 1.54) is 11.2 Å². The largest absolute Gasteiger partial charge is 0.459 e. The predicted molar refractivity (Wildman–Crippen MR) is 76.9 cm³/mol. The molecule has 108 valence electrons. The third-order valence-electron chi connectivity index (χ3n) is 3.40. The second-order valence-electron chi connectivity index (χ2n) is 4.69. The standard InChI is InChI=1S/C15H13ClN2O3/c16-11-5-2-1-4-10(11)13-14(19)17-7-8-18(13)15(20)12-6-3-9-21-12/h1-6,9,13H,7-8H2,(H,17,19)/t13-/m1/s1. The van der Waals surface area contributed by atoms with E-state index in [9.17, 15) is 9.59 Å². The molecule has 1 N–H and O–H groups in total. The number of benzene rings is 1. The number of nitrogens with one attached hydrogen (secondary N) is 1. The molecule has 0 radical (unpaired) electrons. The van der Waals surface area contributed by atoms with Crippen molar-refractivity contribution in [3.05, 3.63) is 59.0 Å². The van der Waals surface area contributed by atoms with Gasteiger partial charge in [-0.25, -0.2) is 0 Å². The smallest absolute Gasteiger partial charge is 0.290 e. The predicted octanol–water partition coefficient (Wildman–Crippen LogP) is 2.25. The summed E-state index contributed by atoms with van der Waals surface area (Å²) in [5.41, 5.74) is 0.608. The third-order valence-corrected chi connectivity index (χ3v) is 3.75. The molecule has 1 aromatic heterocycles. The van der Waals surface area contributed by atoms with Crippen LogP contribution in [0.5, 0.6) is 0 Å². The van der Waals surface area contributed by atoms with Crippen LogP contribution in [0, 0.1) is 0 Å². The fourth-order valence-electron chi connectivity index (χ4n) is 2.43. The van der Waals surface area contributed by atoms with E-state index in [0.717, 1.165) is 0 Å². The van der Waals surface area contributed by atoms with Crippen LogP contribution in [0.3, 0.4) is 0 Å². The molecule has 1 aliphatic heterocycles. The molecule has 5 nitrogen and oxygen atoms in total. The average molecular weight is 305 g/mol. The molecule has 1 aromatic carbocycles. The average Bonchev–Trinajstić information content (AvgIpc) is 3.01. The van der Waals surface area contributed by atoms with Gasteiger partial charge < -0.3 is 14.6 Å². The highest BCUT2D eigenvalue weighted by Gasteiger charge is 2.36. The number of carbonyl (C=O) groups is 2. The van der Waals surface area contributed by atoms with Crippen LogP contribution in [-0.4, -0.2) is 29.8 Å². The maximum absolute atomic E-state index is 12.5. The molecule has 0 bridgehead atoms. The lowest BCUT2D eigenvalue weighted by molar-refractivity contribution is -0.128. The van der Waals surface area contributed by atoms with Crippen molar-refractivity contribution >= 4 is 23.4 Å². The van der Waals surface area contributed by atoms with Crippen LogP contribution in [0.4, 0.5) is 0 Å². The molecule has 0 saturated carbocycles. The fourth-order valence-corrected chi connectivity index (χ4v) is 2.67. The first-order valence-corrected chi connectivity index (χ1v) is 6.93. The lowest BCUT2D eigenvalue weighted by Gasteiger charge is -2.35. The fraction of sp³-hybridized carbons (Fsp3) is 0.200. The van der Waals surface area contributed by atoms with Gasteiger partial charge in [0.1, 0.15) is 6.04 Å². The van der Waals surface area contributed by atoms with Gasteiger partial charge in [0, 0.05) is 23.7 Å². The molecular formula is C15H13ClN2O3. The molecule has 6 heteroatoms. The Balaban J connectivity index is 1.99. The van der Waals surface area contributed by atoms with Gasteiger partial charge in [-0.1, -0.05) is 29.8 Å². The van der Waals surface area contributed by atoms with E-state index in [1.54, 1.807) is 36.4 Å². The van der Waals surface area contributed by atoms with Gasteiger partial charge >= 0.3 is 0 Å². The molecule has 2 aromatic rings. The van der Waals surface area contributed by atoms with E-state index in [2.05, 4.69) is 5.32 Å². The summed E-state index contributed by atoms with van der Waals surface area (Å²) in [5, 5.41) is 3.22. The summed E-state index contributed by atoms with van der Waals surface area (Å²) in [5.74, 6) is -0.351. The van der Waals surface area contributed by atoms with Gasteiger partial charge in [-0.2, -0.15) is 0 Å². The number of piperazine rings is 1. The Morgan fingerprint density at radius 1 is 1.29 bits per heavy atom. The molecule has 1 saturated heterocycles. The maximum Gasteiger partial charge on any atom is 0.290 e. The molecule has 0 aliphatic carbocycles. The van der Waals surface area contributed by atoms with Crippen molar-refractivity contribution in [3.63, 3.8) is 0 Å². The van der Waals surface area contributed by atoms with Crippen molar-refractivity contribution in [1.29, 1.82) is 0 Å². The summed E-state index contributed by atoms with van der Waals surface area (Å²) >= 11 is 6.18. The van der Waals surface area contributed by atoms with Crippen LogP contribution < -0.4 is 5.32 Å². The van der Waals surface area contributed by atoms with Crippen LogP contribution in [0.1, 0.15) is 22.2 Å². The number of furan rings is 1. The van der Waals surface area contributed by atoms with Crippen LogP contribution in [0.25, 0.3) is 0 Å². The number of hydrogen-bond acceptors (Lipinski definition) is 3. The minimum absolute atomic E-state index is 0.210. The lowest BCUT2D eigenvalue weighted by atomic mass is 10.0. The second-order valence-corrected chi connectivity index (χ2v) is 5.10. The van der Waals surface area contributed by atoms with Crippen molar-refractivity contribution < 1.29 is 14.0 Å². The lowest BCUT2D eigenvalue weighted by Crippen LogP contribution is -2.52. The first-order valence-electron chi connectivity index (χ1n) is 6.55. The minimum Gasteiger partial charge on any atom is -0.459 e. The summed E-state index contributed by atoms with van der Waals surface area (Å²) in [7, 11) is 0. The number of amides is 2. The molecule has 3 rings (SSSR count). The Kier molecular flexibility index (Phi) is 3.66. The van der Waals surface area contributed by atoms with Gasteiger partial charge in [0.2, 0.25) is 5.91 Å². The van der Waals surface area contributed by atoms with E-state index in [1.807, 2.05) is 0 Å². The second kappa shape index (κ2) is 5.61. The Morgan fingerprint density at radius 2 is 2.10 bits per heavy atom.